The number of nitrogens with zero attached hydrogens (tertiary/aromatic N) is 1. The molecule has 0 saturated heterocycles. The fourth-order valence-corrected chi connectivity index (χ4v) is 0.483. The summed E-state index contributed by atoms with van der Waals surface area (Å²) in [7, 11) is 0. The minimum absolute atomic E-state index is 0.826. The minimum atomic E-state index is 0.826. The van der Waals surface area contributed by atoms with Gasteiger partial charge in [-0.05, 0) is 19.8 Å². The molecule has 0 aromatic carbocycles. The van der Waals surface area contributed by atoms with E-state index in [4.69, 9.17) is 5.21 Å². The third-order valence-electron chi connectivity index (χ3n) is 1.06. The molecule has 2 nitrogen and oxygen atoms in total. The van der Waals surface area contributed by atoms with E-state index in [1.807, 2.05) is 6.92 Å². The summed E-state index contributed by atoms with van der Waals surface area (Å²) in [6.07, 6.45) is 3.20. The summed E-state index contributed by atoms with van der Waals surface area (Å²) in [4.78, 5) is 0. The summed E-state index contributed by atoms with van der Waals surface area (Å²) < 4.78 is 0. The number of rotatable bonds is 3. The summed E-state index contributed by atoms with van der Waals surface area (Å²) in [6, 6.07) is 0. The molecule has 0 atom stereocenters. The summed E-state index contributed by atoms with van der Waals surface area (Å²) in [5.41, 5.74) is 0.826. The number of hydrogen-bond donors (Lipinski definition) is 1. The maximum absolute atomic E-state index is 8.15. The highest BCUT2D eigenvalue weighted by Gasteiger charge is 1.87. The molecular formula is C6H13NO. The lowest BCUT2D eigenvalue weighted by Crippen LogP contribution is -1.88. The Labute approximate surface area is 50.2 Å². The zero-order valence-electron chi connectivity index (χ0n) is 5.52. The van der Waals surface area contributed by atoms with Gasteiger partial charge in [0.2, 0.25) is 0 Å². The topological polar surface area (TPSA) is 32.6 Å². The standard InChI is InChI=1S/C6H13NO/c1-3-4-5-6(2)7-8/h8H,3-5H2,1-2H3/b7-6-. The molecular weight excluding hydrogens is 102 g/mol. The van der Waals surface area contributed by atoms with Crippen LogP contribution in [0.3, 0.4) is 0 Å². The van der Waals surface area contributed by atoms with E-state index in [0.717, 1.165) is 25.0 Å². The Kier molecular flexibility index (Phi) is 4.32. The van der Waals surface area contributed by atoms with Crippen molar-refractivity contribution in [2.75, 3.05) is 0 Å². The highest BCUT2D eigenvalue weighted by Crippen LogP contribution is 1.94. The van der Waals surface area contributed by atoms with Crippen LogP contribution < -0.4 is 0 Å². The maximum atomic E-state index is 8.15. The van der Waals surface area contributed by atoms with Gasteiger partial charge in [-0.15, -0.1) is 0 Å². The molecule has 0 aliphatic rings. The molecule has 0 unspecified atom stereocenters. The van der Waals surface area contributed by atoms with E-state index in [1.165, 1.54) is 0 Å². The Morgan fingerprint density at radius 1 is 1.62 bits per heavy atom. The third-order valence-corrected chi connectivity index (χ3v) is 1.06. The molecule has 0 bridgehead atoms. The van der Waals surface area contributed by atoms with Crippen molar-refractivity contribution in [1.82, 2.24) is 0 Å². The lowest BCUT2D eigenvalue weighted by atomic mass is 10.2. The van der Waals surface area contributed by atoms with Gasteiger partial charge in [0.05, 0.1) is 5.71 Å². The Bertz CT molecular complexity index is 78.6. The summed E-state index contributed by atoms with van der Waals surface area (Å²) in [6.45, 7) is 3.94. The van der Waals surface area contributed by atoms with Crippen LogP contribution in [0.2, 0.25) is 0 Å². The first-order chi connectivity index (χ1) is 3.81. The van der Waals surface area contributed by atoms with Gasteiger partial charge in [0.25, 0.3) is 0 Å². The zero-order valence-corrected chi connectivity index (χ0v) is 5.52. The SMILES string of the molecule is CCCC/C(C)=N\O. The lowest BCUT2D eigenvalue weighted by molar-refractivity contribution is 0.317. The molecule has 0 saturated carbocycles. The van der Waals surface area contributed by atoms with Crippen molar-refractivity contribution in [3.63, 3.8) is 0 Å². The number of oxime groups is 1. The van der Waals surface area contributed by atoms with E-state index in [0.29, 0.717) is 0 Å². The molecule has 0 spiro atoms. The van der Waals surface area contributed by atoms with Crippen molar-refractivity contribution in [3.8, 4) is 0 Å². The van der Waals surface area contributed by atoms with Crippen molar-refractivity contribution in [1.29, 1.82) is 0 Å². The average molecular weight is 115 g/mol. The number of hydrogen-bond acceptors (Lipinski definition) is 2. The van der Waals surface area contributed by atoms with Gasteiger partial charge < -0.3 is 5.21 Å². The predicted octanol–water partition coefficient (Wildman–Crippen LogP) is 2.03. The molecule has 2 heteroatoms. The highest BCUT2D eigenvalue weighted by molar-refractivity contribution is 5.81. The van der Waals surface area contributed by atoms with Gasteiger partial charge in [-0.3, -0.25) is 0 Å². The monoisotopic (exact) mass is 115 g/mol. The lowest BCUT2D eigenvalue weighted by Gasteiger charge is -1.91. The quantitative estimate of drug-likeness (QED) is 0.340. The molecule has 0 heterocycles. The van der Waals surface area contributed by atoms with Gasteiger partial charge >= 0.3 is 0 Å². The Morgan fingerprint density at radius 3 is 2.62 bits per heavy atom. The molecule has 0 aliphatic heterocycles. The Hall–Kier alpha value is -0.530. The maximum Gasteiger partial charge on any atom is 0.0540 e. The van der Waals surface area contributed by atoms with Crippen LogP contribution in [0.25, 0.3) is 0 Å². The molecule has 0 aromatic rings. The average Bonchev–Trinajstić information content (AvgIpc) is 1.83. The highest BCUT2D eigenvalue weighted by atomic mass is 16.4. The molecule has 0 radical (unpaired) electrons. The molecule has 8 heavy (non-hydrogen) atoms. The second-order valence-corrected chi connectivity index (χ2v) is 1.94. The van der Waals surface area contributed by atoms with E-state index in [2.05, 4.69) is 12.1 Å². The molecule has 0 rings (SSSR count). The molecule has 0 aliphatic carbocycles. The van der Waals surface area contributed by atoms with Crippen molar-refractivity contribution < 1.29 is 5.21 Å². The van der Waals surface area contributed by atoms with Crippen molar-refractivity contribution >= 4 is 5.71 Å². The van der Waals surface area contributed by atoms with Crippen LogP contribution in [-0.4, -0.2) is 10.9 Å². The third kappa shape index (κ3) is 3.65. The van der Waals surface area contributed by atoms with Gasteiger partial charge in [0.15, 0.2) is 0 Å². The normalized spacial score (nSPS) is 12.0. The van der Waals surface area contributed by atoms with Crippen LogP contribution in [-0.2, 0) is 0 Å². The summed E-state index contributed by atoms with van der Waals surface area (Å²) >= 11 is 0. The van der Waals surface area contributed by atoms with Crippen LogP contribution in [0, 0.1) is 0 Å². The van der Waals surface area contributed by atoms with Crippen LogP contribution in [0.4, 0.5) is 0 Å². The van der Waals surface area contributed by atoms with Crippen LogP contribution >= 0.6 is 0 Å². The summed E-state index contributed by atoms with van der Waals surface area (Å²) in [5, 5.41) is 11.2. The smallest absolute Gasteiger partial charge is 0.0540 e. The van der Waals surface area contributed by atoms with E-state index in [-0.39, 0.29) is 0 Å². The van der Waals surface area contributed by atoms with E-state index < -0.39 is 0 Å². The van der Waals surface area contributed by atoms with Gasteiger partial charge in [0.1, 0.15) is 0 Å². The largest absolute Gasteiger partial charge is 0.411 e. The first-order valence-corrected chi connectivity index (χ1v) is 2.98. The second-order valence-electron chi connectivity index (χ2n) is 1.94. The van der Waals surface area contributed by atoms with E-state index >= 15 is 0 Å². The first-order valence-electron chi connectivity index (χ1n) is 2.98. The van der Waals surface area contributed by atoms with E-state index in [9.17, 15) is 0 Å². The Balaban J connectivity index is 3.12. The minimum Gasteiger partial charge on any atom is -0.411 e. The fourth-order valence-electron chi connectivity index (χ4n) is 0.483. The molecule has 0 aromatic heterocycles. The zero-order chi connectivity index (χ0) is 6.41. The molecule has 1 N–H and O–H groups in total. The fraction of sp³-hybridized carbons (Fsp3) is 0.833. The van der Waals surface area contributed by atoms with Crippen molar-refractivity contribution in [2.24, 2.45) is 5.16 Å². The second kappa shape index (κ2) is 4.62. The number of unbranched alkanes of at least 4 members (excludes halogenated alkanes) is 1. The molecule has 48 valence electrons. The van der Waals surface area contributed by atoms with Gasteiger partial charge in [0, 0.05) is 0 Å². The van der Waals surface area contributed by atoms with Gasteiger partial charge in [-0.25, -0.2) is 0 Å². The Morgan fingerprint density at radius 2 is 2.25 bits per heavy atom. The van der Waals surface area contributed by atoms with Crippen LogP contribution in [0.1, 0.15) is 33.1 Å². The summed E-state index contributed by atoms with van der Waals surface area (Å²) in [5.74, 6) is 0. The molecule has 0 fully saturated rings. The van der Waals surface area contributed by atoms with Gasteiger partial charge in [-0.2, -0.15) is 0 Å². The van der Waals surface area contributed by atoms with Crippen LogP contribution in [0.5, 0.6) is 0 Å². The van der Waals surface area contributed by atoms with Gasteiger partial charge in [-0.1, -0.05) is 18.5 Å². The van der Waals surface area contributed by atoms with Crippen molar-refractivity contribution in [3.05, 3.63) is 0 Å². The van der Waals surface area contributed by atoms with Crippen LogP contribution in [0.15, 0.2) is 5.16 Å². The molecule has 0 amide bonds. The predicted molar refractivity (Wildman–Crippen MR) is 34.4 cm³/mol. The van der Waals surface area contributed by atoms with Crippen molar-refractivity contribution in [2.45, 2.75) is 33.1 Å². The first kappa shape index (κ1) is 7.47. The van der Waals surface area contributed by atoms with E-state index in [1.54, 1.807) is 0 Å².